The lowest BCUT2D eigenvalue weighted by Gasteiger charge is -2.45. The minimum atomic E-state index is -0.920. The van der Waals surface area contributed by atoms with Gasteiger partial charge in [-0.25, -0.2) is 0 Å². The van der Waals surface area contributed by atoms with Gasteiger partial charge in [-0.05, 0) is 104 Å². The van der Waals surface area contributed by atoms with Crippen molar-refractivity contribution < 1.29 is 38.4 Å². The number of carbonyl (C=O) groups is 3. The van der Waals surface area contributed by atoms with Gasteiger partial charge < -0.3 is 39.2 Å². The van der Waals surface area contributed by atoms with Crippen LogP contribution >= 0.6 is 11.6 Å². The lowest BCUT2D eigenvalue weighted by atomic mass is 9.82. The Morgan fingerprint density at radius 2 is 1.57 bits per heavy atom. The fourth-order valence-electron chi connectivity index (χ4n) is 7.11. The molecule has 1 saturated heterocycles. The monoisotopic (exact) mass is 745 g/mol. The summed E-state index contributed by atoms with van der Waals surface area (Å²) in [6.45, 7) is 5.86. The van der Waals surface area contributed by atoms with E-state index >= 15 is 0 Å². The number of hydrogen-bond acceptors (Lipinski definition) is 8. The fourth-order valence-corrected chi connectivity index (χ4v) is 7.38. The number of nitrogens with zero attached hydrogens (tertiary/aromatic N) is 2. The topological polar surface area (TPSA) is 127 Å². The highest BCUT2D eigenvalue weighted by Gasteiger charge is 2.43. The Bertz CT molecular complexity index is 1840. The third-order valence-electron chi connectivity index (χ3n) is 10.1. The van der Waals surface area contributed by atoms with Crippen molar-refractivity contribution in [1.29, 1.82) is 0 Å². The van der Waals surface area contributed by atoms with Crippen LogP contribution in [0.15, 0.2) is 60.2 Å². The predicted octanol–water partition coefficient (Wildman–Crippen LogP) is 6.20. The molecular weight excluding hydrogens is 698 g/mol. The van der Waals surface area contributed by atoms with Crippen molar-refractivity contribution in [2.24, 2.45) is 0 Å². The Kier molecular flexibility index (Phi) is 12.1. The summed E-state index contributed by atoms with van der Waals surface area (Å²) in [5, 5.41) is 13.3. The van der Waals surface area contributed by atoms with Gasteiger partial charge in [0.05, 0.1) is 25.3 Å². The number of carbonyl (C=O) groups excluding carboxylic acids is 2. The molecule has 3 aromatic carbocycles. The third kappa shape index (κ3) is 9.44. The Morgan fingerprint density at radius 1 is 0.887 bits per heavy atom. The van der Waals surface area contributed by atoms with E-state index < -0.39 is 5.97 Å². The number of benzene rings is 3. The Balaban J connectivity index is 1.24. The van der Waals surface area contributed by atoms with E-state index in [2.05, 4.69) is 5.32 Å². The van der Waals surface area contributed by atoms with Gasteiger partial charge in [0.2, 0.25) is 5.91 Å². The van der Waals surface area contributed by atoms with E-state index in [1.54, 1.807) is 19.1 Å². The summed E-state index contributed by atoms with van der Waals surface area (Å²) in [5.41, 5.74) is 5.64. The van der Waals surface area contributed by atoms with Crippen LogP contribution in [0.1, 0.15) is 60.8 Å². The lowest BCUT2D eigenvalue weighted by molar-refractivity contribution is -0.138. The van der Waals surface area contributed by atoms with Gasteiger partial charge in [-0.1, -0.05) is 23.7 Å². The number of aliphatic carboxylic acids is 1. The molecule has 6 rings (SSSR count). The number of hydrogen-bond donors (Lipinski definition) is 2. The van der Waals surface area contributed by atoms with Gasteiger partial charge in [0, 0.05) is 56.2 Å². The summed E-state index contributed by atoms with van der Waals surface area (Å²) in [6.07, 6.45) is 2.75. The fraction of sp³-hybridized carbons (Fsp3) is 0.439. The Morgan fingerprint density at radius 3 is 2.23 bits per heavy atom. The normalized spacial score (nSPS) is 18.0. The van der Waals surface area contributed by atoms with Crippen LogP contribution in [0.4, 0.5) is 0 Å². The van der Waals surface area contributed by atoms with Crippen LogP contribution < -0.4 is 24.3 Å². The molecule has 0 radical (unpaired) electrons. The SMILES string of the molecule is COc1cc(CN(C(=O)C2=C(c3ccc(OCCOc4cc(C)c(C)cc4Cl)cc3)CC3CN(C(=O)CCCC(=O)O)CC2N3)C2CC2)cc(OC)c1. The second-order valence-electron chi connectivity index (χ2n) is 14.0. The molecular formula is C41H48ClN3O8. The molecule has 3 aliphatic rings. The molecule has 2 unspecified atom stereocenters. The van der Waals surface area contributed by atoms with E-state index in [-0.39, 0.29) is 49.2 Å². The zero-order chi connectivity index (χ0) is 37.6. The second kappa shape index (κ2) is 16.9. The molecule has 282 valence electrons. The standard InChI is InChI=1S/C41H48ClN3O8/c1-25-16-35(42)37(17-26(25)2)53-15-14-52-31-12-8-28(9-13-31)34-20-29-23-44(38(46)6-5-7-39(47)48)24-36(43-29)40(34)41(49)45(30-10-11-30)22-27-18-32(50-3)21-33(19-27)51-4/h8-9,12-13,16-19,21,29-30,36,43H,5-7,10-11,14-15,20,22-24H2,1-4H3,(H,47,48). The number of piperazine rings is 1. The number of carboxylic acids is 1. The maximum atomic E-state index is 14.9. The molecule has 2 N–H and O–H groups in total. The molecule has 2 atom stereocenters. The number of methoxy groups -OCH3 is 2. The zero-order valence-electron chi connectivity index (χ0n) is 30.8. The van der Waals surface area contributed by atoms with Gasteiger partial charge >= 0.3 is 5.97 Å². The first-order chi connectivity index (χ1) is 25.5. The molecule has 2 bridgehead atoms. The maximum absolute atomic E-state index is 14.9. The van der Waals surface area contributed by atoms with Crippen molar-refractivity contribution in [3.8, 4) is 23.0 Å². The first-order valence-electron chi connectivity index (χ1n) is 18.2. The highest BCUT2D eigenvalue weighted by molar-refractivity contribution is 6.32. The summed E-state index contributed by atoms with van der Waals surface area (Å²) >= 11 is 6.37. The molecule has 3 aromatic rings. The molecule has 2 heterocycles. The molecule has 0 aromatic heterocycles. The molecule has 2 aliphatic heterocycles. The average molecular weight is 746 g/mol. The minimum Gasteiger partial charge on any atom is -0.497 e. The molecule has 12 heteroatoms. The van der Waals surface area contributed by atoms with Crippen molar-refractivity contribution in [3.05, 3.63) is 87.4 Å². The van der Waals surface area contributed by atoms with Gasteiger partial charge in [-0.15, -0.1) is 0 Å². The Hall–Kier alpha value is -4.74. The number of nitrogens with one attached hydrogen (secondary N) is 1. The smallest absolute Gasteiger partial charge is 0.303 e. The molecule has 53 heavy (non-hydrogen) atoms. The van der Waals surface area contributed by atoms with Crippen molar-refractivity contribution in [2.45, 2.75) is 77.0 Å². The molecule has 2 amide bonds. The van der Waals surface area contributed by atoms with Crippen LogP contribution in [0.25, 0.3) is 5.57 Å². The number of fused-ring (bicyclic) bond motifs is 2. The van der Waals surface area contributed by atoms with E-state index in [1.165, 1.54) is 0 Å². The van der Waals surface area contributed by atoms with Crippen molar-refractivity contribution in [3.63, 3.8) is 0 Å². The van der Waals surface area contributed by atoms with Crippen LogP contribution in [0.3, 0.4) is 0 Å². The average Bonchev–Trinajstić information content (AvgIpc) is 3.99. The van der Waals surface area contributed by atoms with E-state index in [0.717, 1.165) is 40.7 Å². The second-order valence-corrected chi connectivity index (χ2v) is 14.4. The van der Waals surface area contributed by atoms with Gasteiger partial charge in [-0.2, -0.15) is 0 Å². The van der Waals surface area contributed by atoms with Crippen LogP contribution in [0.5, 0.6) is 23.0 Å². The van der Waals surface area contributed by atoms with Crippen molar-refractivity contribution in [1.82, 2.24) is 15.1 Å². The van der Waals surface area contributed by atoms with E-state index in [4.69, 9.17) is 35.7 Å². The largest absolute Gasteiger partial charge is 0.497 e. The number of aryl methyl sites for hydroxylation is 2. The zero-order valence-corrected chi connectivity index (χ0v) is 31.5. The number of carboxylic acid groups (broad SMARTS) is 1. The van der Waals surface area contributed by atoms with Crippen LogP contribution in [-0.2, 0) is 20.9 Å². The van der Waals surface area contributed by atoms with Crippen LogP contribution in [-0.4, -0.2) is 91.3 Å². The van der Waals surface area contributed by atoms with E-state index in [9.17, 15) is 14.4 Å². The van der Waals surface area contributed by atoms with Crippen molar-refractivity contribution in [2.75, 3.05) is 40.5 Å². The lowest BCUT2D eigenvalue weighted by Crippen LogP contribution is -2.62. The number of halogens is 1. The highest BCUT2D eigenvalue weighted by atomic mass is 35.5. The van der Waals surface area contributed by atoms with Crippen molar-refractivity contribution >= 4 is 35.0 Å². The molecule has 1 saturated carbocycles. The Labute approximate surface area is 315 Å². The van der Waals surface area contributed by atoms with Gasteiger partial charge in [0.1, 0.15) is 36.2 Å². The molecule has 1 aliphatic carbocycles. The van der Waals surface area contributed by atoms with Gasteiger partial charge in [-0.3, -0.25) is 14.4 Å². The van der Waals surface area contributed by atoms with Crippen LogP contribution in [0, 0.1) is 13.8 Å². The maximum Gasteiger partial charge on any atom is 0.303 e. The highest BCUT2D eigenvalue weighted by Crippen LogP contribution is 2.38. The molecule has 2 fully saturated rings. The first kappa shape index (κ1) is 38.0. The number of amides is 2. The molecule has 11 nitrogen and oxygen atoms in total. The predicted molar refractivity (Wildman–Crippen MR) is 202 cm³/mol. The summed E-state index contributed by atoms with van der Waals surface area (Å²) in [6, 6.07) is 16.9. The quantitative estimate of drug-likeness (QED) is 0.165. The van der Waals surface area contributed by atoms with Crippen LogP contribution in [0.2, 0.25) is 5.02 Å². The number of ether oxygens (including phenoxy) is 4. The van der Waals surface area contributed by atoms with E-state index in [1.807, 2.05) is 73.3 Å². The number of rotatable bonds is 16. The first-order valence-corrected chi connectivity index (χ1v) is 18.5. The summed E-state index contributed by atoms with van der Waals surface area (Å²) < 4.78 is 22.9. The minimum absolute atomic E-state index is 0.0581. The third-order valence-corrected chi connectivity index (χ3v) is 10.4. The summed E-state index contributed by atoms with van der Waals surface area (Å²) in [5.74, 6) is 1.52. The summed E-state index contributed by atoms with van der Waals surface area (Å²) in [7, 11) is 3.21. The van der Waals surface area contributed by atoms with Gasteiger partial charge in [0.15, 0.2) is 0 Å². The summed E-state index contributed by atoms with van der Waals surface area (Å²) in [4.78, 5) is 43.0. The van der Waals surface area contributed by atoms with E-state index in [0.29, 0.717) is 72.9 Å². The molecule has 0 spiro atoms. The van der Waals surface area contributed by atoms with Gasteiger partial charge in [0.25, 0.3) is 5.91 Å².